The van der Waals surface area contributed by atoms with Crippen molar-refractivity contribution in [2.45, 2.75) is 6.04 Å². The third-order valence-electron chi connectivity index (χ3n) is 1.96. The van der Waals surface area contributed by atoms with Gasteiger partial charge in [0.2, 0.25) is 0 Å². The summed E-state index contributed by atoms with van der Waals surface area (Å²) >= 11 is 5.61. The van der Waals surface area contributed by atoms with E-state index >= 15 is 0 Å². The third kappa shape index (κ3) is 2.16. The molecular weight excluding hydrogens is 327 g/mol. The van der Waals surface area contributed by atoms with Gasteiger partial charge in [0.25, 0.3) is 0 Å². The fraction of sp³-hybridized carbons (Fsp3) is 0.222. The summed E-state index contributed by atoms with van der Waals surface area (Å²) in [5.74, 6) is 0. The molecule has 1 atom stereocenters. The summed E-state index contributed by atoms with van der Waals surface area (Å²) < 4.78 is 5.67. The van der Waals surface area contributed by atoms with Gasteiger partial charge in [0, 0.05) is 5.38 Å². The van der Waals surface area contributed by atoms with Gasteiger partial charge in [0.15, 0.2) is 0 Å². The first kappa shape index (κ1) is 10.5. The van der Waals surface area contributed by atoms with Crippen LogP contribution in [0.1, 0.15) is 17.3 Å². The molecule has 74 valence electrons. The van der Waals surface area contributed by atoms with Crippen molar-refractivity contribution < 1.29 is 0 Å². The molecule has 5 heteroatoms. The van der Waals surface area contributed by atoms with E-state index in [2.05, 4.69) is 49.8 Å². The van der Waals surface area contributed by atoms with E-state index in [4.69, 9.17) is 0 Å². The van der Waals surface area contributed by atoms with Crippen LogP contribution in [0.2, 0.25) is 0 Å². The highest BCUT2D eigenvalue weighted by molar-refractivity contribution is 14.1. The van der Waals surface area contributed by atoms with Crippen LogP contribution in [0.5, 0.6) is 0 Å². The number of nitrogens with one attached hydrogen (secondary N) is 1. The number of halogens is 1. The number of aromatic nitrogens is 1. The third-order valence-corrected chi connectivity index (χ3v) is 4.34. The van der Waals surface area contributed by atoms with Crippen molar-refractivity contribution in [2.24, 2.45) is 0 Å². The maximum absolute atomic E-state index is 4.35. The zero-order chi connectivity index (χ0) is 9.97. The molecule has 0 aliphatic carbocycles. The molecule has 0 saturated heterocycles. The lowest BCUT2D eigenvalue weighted by Crippen LogP contribution is -2.17. The molecule has 2 aromatic rings. The zero-order valence-electron chi connectivity index (χ0n) is 7.53. The standard InChI is InChI=1S/C9H9IN2S2/c1-11-9(7-2-3-14-12-7)6-4-8(10)13-5-6/h2-5,9,11H,1H3. The minimum absolute atomic E-state index is 0.237. The summed E-state index contributed by atoms with van der Waals surface area (Å²) in [5, 5.41) is 7.48. The molecule has 0 aromatic carbocycles. The van der Waals surface area contributed by atoms with Gasteiger partial charge < -0.3 is 5.32 Å². The Balaban J connectivity index is 2.31. The minimum atomic E-state index is 0.237. The molecule has 0 aliphatic heterocycles. The predicted octanol–water partition coefficient (Wildman–Crippen LogP) is 3.12. The first-order chi connectivity index (χ1) is 6.81. The Morgan fingerprint density at radius 1 is 1.57 bits per heavy atom. The van der Waals surface area contributed by atoms with E-state index in [-0.39, 0.29) is 6.04 Å². The van der Waals surface area contributed by atoms with Crippen LogP contribution in [0, 0.1) is 2.88 Å². The number of thiophene rings is 1. The summed E-state index contributed by atoms with van der Waals surface area (Å²) in [4.78, 5) is 0. The molecule has 0 radical (unpaired) electrons. The zero-order valence-corrected chi connectivity index (χ0v) is 11.3. The van der Waals surface area contributed by atoms with E-state index < -0.39 is 0 Å². The Hall–Kier alpha value is 0.0200. The van der Waals surface area contributed by atoms with E-state index in [0.29, 0.717) is 0 Å². The number of rotatable bonds is 3. The van der Waals surface area contributed by atoms with Crippen molar-refractivity contribution in [3.05, 3.63) is 37.0 Å². The van der Waals surface area contributed by atoms with Gasteiger partial charge in [-0.05, 0) is 64.2 Å². The maximum atomic E-state index is 4.35. The minimum Gasteiger partial charge on any atom is -0.308 e. The van der Waals surface area contributed by atoms with Crippen molar-refractivity contribution in [1.29, 1.82) is 0 Å². The number of nitrogens with zero attached hydrogens (tertiary/aromatic N) is 1. The average Bonchev–Trinajstić information content (AvgIpc) is 2.79. The molecule has 14 heavy (non-hydrogen) atoms. The van der Waals surface area contributed by atoms with Gasteiger partial charge in [-0.3, -0.25) is 0 Å². The second-order valence-corrected chi connectivity index (χ2v) is 6.30. The Morgan fingerprint density at radius 3 is 2.93 bits per heavy atom. The fourth-order valence-corrected chi connectivity index (χ4v) is 3.28. The average molecular weight is 336 g/mol. The largest absolute Gasteiger partial charge is 0.308 e. The van der Waals surface area contributed by atoms with Crippen LogP contribution in [0.3, 0.4) is 0 Å². The maximum Gasteiger partial charge on any atom is 0.0768 e. The van der Waals surface area contributed by atoms with Crippen LogP contribution < -0.4 is 5.32 Å². The first-order valence-corrected chi connectivity index (χ1v) is 6.92. The van der Waals surface area contributed by atoms with Gasteiger partial charge in [-0.2, -0.15) is 4.37 Å². The molecule has 0 amide bonds. The van der Waals surface area contributed by atoms with Crippen molar-refractivity contribution in [2.75, 3.05) is 7.05 Å². The van der Waals surface area contributed by atoms with E-state index in [0.717, 1.165) is 5.69 Å². The van der Waals surface area contributed by atoms with Gasteiger partial charge in [-0.25, -0.2) is 0 Å². The smallest absolute Gasteiger partial charge is 0.0768 e. The Labute approximate surface area is 105 Å². The molecule has 0 spiro atoms. The molecule has 2 aromatic heterocycles. The van der Waals surface area contributed by atoms with Crippen molar-refractivity contribution in [1.82, 2.24) is 9.69 Å². The Kier molecular flexibility index (Phi) is 3.53. The highest BCUT2D eigenvalue weighted by Crippen LogP contribution is 2.26. The number of hydrogen-bond acceptors (Lipinski definition) is 4. The van der Waals surface area contributed by atoms with Gasteiger partial charge in [0.1, 0.15) is 0 Å². The molecule has 1 unspecified atom stereocenters. The van der Waals surface area contributed by atoms with Crippen LogP contribution in [-0.4, -0.2) is 11.4 Å². The predicted molar refractivity (Wildman–Crippen MR) is 70.1 cm³/mol. The first-order valence-electron chi connectivity index (χ1n) is 4.12. The molecule has 1 N–H and O–H groups in total. The van der Waals surface area contributed by atoms with Crippen molar-refractivity contribution >= 4 is 45.5 Å². The lowest BCUT2D eigenvalue weighted by molar-refractivity contribution is 0.681. The molecule has 0 fully saturated rings. The second-order valence-electron chi connectivity index (χ2n) is 2.83. The van der Waals surface area contributed by atoms with E-state index in [9.17, 15) is 0 Å². The topological polar surface area (TPSA) is 24.9 Å². The lowest BCUT2D eigenvalue weighted by Gasteiger charge is -2.11. The van der Waals surface area contributed by atoms with Gasteiger partial charge in [-0.1, -0.05) is 0 Å². The van der Waals surface area contributed by atoms with Gasteiger partial charge in [-0.15, -0.1) is 11.3 Å². The Bertz CT molecular complexity index is 397. The van der Waals surface area contributed by atoms with Crippen LogP contribution in [0.15, 0.2) is 22.9 Å². The summed E-state index contributed by atoms with van der Waals surface area (Å²) in [6.45, 7) is 0. The van der Waals surface area contributed by atoms with Gasteiger partial charge in [0.05, 0.1) is 14.6 Å². The monoisotopic (exact) mass is 336 g/mol. The highest BCUT2D eigenvalue weighted by Gasteiger charge is 2.14. The SMILES string of the molecule is CNC(c1csc(I)c1)c1ccsn1. The second kappa shape index (κ2) is 4.69. The molecule has 2 heterocycles. The van der Waals surface area contributed by atoms with Crippen molar-refractivity contribution in [3.63, 3.8) is 0 Å². The highest BCUT2D eigenvalue weighted by atomic mass is 127. The molecular formula is C9H9IN2S2. The Morgan fingerprint density at radius 2 is 2.43 bits per heavy atom. The quantitative estimate of drug-likeness (QED) is 0.872. The lowest BCUT2D eigenvalue weighted by atomic mass is 10.1. The fourth-order valence-electron chi connectivity index (χ4n) is 1.33. The van der Waals surface area contributed by atoms with Crippen LogP contribution in [0.4, 0.5) is 0 Å². The van der Waals surface area contributed by atoms with Gasteiger partial charge >= 0.3 is 0 Å². The summed E-state index contributed by atoms with van der Waals surface area (Å²) in [7, 11) is 1.97. The molecule has 0 aliphatic rings. The summed E-state index contributed by atoms with van der Waals surface area (Å²) in [6.07, 6.45) is 0. The van der Waals surface area contributed by atoms with Crippen molar-refractivity contribution in [3.8, 4) is 0 Å². The van der Waals surface area contributed by atoms with E-state index in [1.807, 2.05) is 12.4 Å². The molecule has 2 nitrogen and oxygen atoms in total. The molecule has 0 saturated carbocycles. The van der Waals surface area contributed by atoms with E-state index in [1.54, 1.807) is 11.3 Å². The molecule has 0 bridgehead atoms. The molecule has 2 rings (SSSR count). The summed E-state index contributed by atoms with van der Waals surface area (Å²) in [5.41, 5.74) is 2.40. The summed E-state index contributed by atoms with van der Waals surface area (Å²) in [6, 6.07) is 4.50. The van der Waals surface area contributed by atoms with E-state index in [1.165, 1.54) is 20.0 Å². The number of hydrogen-bond donors (Lipinski definition) is 1. The van der Waals surface area contributed by atoms with Crippen LogP contribution >= 0.6 is 45.5 Å². The van der Waals surface area contributed by atoms with Crippen LogP contribution in [0.25, 0.3) is 0 Å². The van der Waals surface area contributed by atoms with Crippen LogP contribution in [-0.2, 0) is 0 Å². The normalized spacial score (nSPS) is 13.0.